The third-order valence-corrected chi connectivity index (χ3v) is 6.02. The van der Waals surface area contributed by atoms with Crippen LogP contribution < -0.4 is 24.8 Å². The molecular formula is C31H24ClN3O5. The Morgan fingerprint density at radius 1 is 0.800 bits per heavy atom. The van der Waals surface area contributed by atoms with Gasteiger partial charge in [-0.1, -0.05) is 60.1 Å². The minimum Gasteiger partial charge on any atom is -0.487 e. The van der Waals surface area contributed by atoms with E-state index in [1.54, 1.807) is 66.9 Å². The number of para-hydroxylation sites is 1. The van der Waals surface area contributed by atoms with Crippen molar-refractivity contribution in [3.8, 4) is 23.0 Å². The predicted molar refractivity (Wildman–Crippen MR) is 154 cm³/mol. The Labute approximate surface area is 235 Å². The number of ether oxygens (including phenoxy) is 3. The Morgan fingerprint density at radius 3 is 2.27 bits per heavy atom. The van der Waals surface area contributed by atoms with E-state index in [1.165, 1.54) is 6.92 Å². The minimum absolute atomic E-state index is 0.240. The van der Waals surface area contributed by atoms with Crippen molar-refractivity contribution < 1.29 is 23.8 Å². The second-order valence-electron chi connectivity index (χ2n) is 8.70. The van der Waals surface area contributed by atoms with Crippen molar-refractivity contribution in [3.05, 3.63) is 114 Å². The number of nitrogens with one attached hydrogen (secondary N) is 2. The summed E-state index contributed by atoms with van der Waals surface area (Å²) in [7, 11) is 0. The lowest BCUT2D eigenvalue weighted by molar-refractivity contribution is -0.114. The highest BCUT2D eigenvalue weighted by Gasteiger charge is 2.14. The Kier molecular flexibility index (Phi) is 8.08. The maximum atomic E-state index is 12.2. The number of halogens is 1. The van der Waals surface area contributed by atoms with Crippen LogP contribution in [0.15, 0.2) is 103 Å². The molecule has 0 saturated heterocycles. The molecule has 0 fully saturated rings. The monoisotopic (exact) mass is 553 g/mol. The highest BCUT2D eigenvalue weighted by Crippen LogP contribution is 2.37. The van der Waals surface area contributed by atoms with E-state index < -0.39 is 6.09 Å². The molecule has 200 valence electrons. The first-order valence-electron chi connectivity index (χ1n) is 12.3. The van der Waals surface area contributed by atoms with Crippen molar-refractivity contribution in [2.75, 3.05) is 10.6 Å². The molecule has 2 amide bonds. The van der Waals surface area contributed by atoms with Crippen molar-refractivity contribution in [2.45, 2.75) is 13.5 Å². The lowest BCUT2D eigenvalue weighted by Crippen LogP contribution is -2.16. The van der Waals surface area contributed by atoms with Gasteiger partial charge in [0.1, 0.15) is 29.6 Å². The van der Waals surface area contributed by atoms with Crippen LogP contribution in [0, 0.1) is 0 Å². The largest absolute Gasteiger partial charge is 0.487 e. The van der Waals surface area contributed by atoms with Gasteiger partial charge in [-0.25, -0.2) is 4.79 Å². The number of hydrogen-bond donors (Lipinski definition) is 2. The molecule has 0 aliphatic rings. The van der Waals surface area contributed by atoms with Crippen molar-refractivity contribution in [3.63, 3.8) is 0 Å². The number of nitrogens with zero attached hydrogens (tertiary/aromatic N) is 1. The fourth-order valence-electron chi connectivity index (χ4n) is 3.90. The third kappa shape index (κ3) is 6.67. The number of fused-ring (bicyclic) bond motifs is 1. The van der Waals surface area contributed by atoms with E-state index in [2.05, 4.69) is 15.6 Å². The molecule has 1 heterocycles. The first-order valence-corrected chi connectivity index (χ1v) is 12.7. The second-order valence-corrected chi connectivity index (χ2v) is 9.11. The molecule has 1 aromatic heterocycles. The fraction of sp³-hybridized carbons (Fsp3) is 0.0645. The molecule has 0 atom stereocenters. The van der Waals surface area contributed by atoms with Gasteiger partial charge in [0, 0.05) is 30.6 Å². The summed E-state index contributed by atoms with van der Waals surface area (Å²) in [5.41, 5.74) is 2.46. The molecular weight excluding hydrogens is 530 g/mol. The van der Waals surface area contributed by atoms with Crippen LogP contribution in [-0.2, 0) is 11.4 Å². The van der Waals surface area contributed by atoms with E-state index in [0.717, 1.165) is 5.56 Å². The summed E-state index contributed by atoms with van der Waals surface area (Å²) in [6.07, 6.45) is 0.950. The molecule has 0 saturated carbocycles. The maximum Gasteiger partial charge on any atom is 0.417 e. The lowest BCUT2D eigenvalue weighted by Gasteiger charge is -2.15. The Balaban J connectivity index is 1.36. The van der Waals surface area contributed by atoms with E-state index in [0.29, 0.717) is 51.9 Å². The van der Waals surface area contributed by atoms with Gasteiger partial charge in [-0.2, -0.15) is 0 Å². The molecule has 40 heavy (non-hydrogen) atoms. The van der Waals surface area contributed by atoms with Crippen molar-refractivity contribution in [1.82, 2.24) is 4.98 Å². The van der Waals surface area contributed by atoms with Crippen LogP contribution in [0.5, 0.6) is 23.0 Å². The third-order valence-electron chi connectivity index (χ3n) is 5.71. The number of pyridine rings is 1. The van der Waals surface area contributed by atoms with Gasteiger partial charge in [0.2, 0.25) is 5.91 Å². The van der Waals surface area contributed by atoms with Crippen LogP contribution in [0.3, 0.4) is 0 Å². The van der Waals surface area contributed by atoms with E-state index in [4.69, 9.17) is 25.8 Å². The molecule has 5 aromatic rings. The molecule has 0 radical (unpaired) electrons. The van der Waals surface area contributed by atoms with Gasteiger partial charge in [0.15, 0.2) is 0 Å². The van der Waals surface area contributed by atoms with Crippen LogP contribution in [0.4, 0.5) is 16.2 Å². The Bertz CT molecular complexity index is 1660. The standard InChI is InChI=1S/C31H24ClN3O5/c1-20(36)34-28-17-24-27(18-30(28)38-19-21-8-4-2-5-9-21)33-15-14-29(24)39-23-12-13-26(25(32)16-23)35-31(37)40-22-10-6-3-7-11-22/h2-18H,19H2,1H3,(H,34,36)(H,35,37). The van der Waals surface area contributed by atoms with Gasteiger partial charge in [0.25, 0.3) is 0 Å². The summed E-state index contributed by atoms with van der Waals surface area (Å²) < 4.78 is 17.4. The zero-order valence-electron chi connectivity index (χ0n) is 21.4. The summed E-state index contributed by atoms with van der Waals surface area (Å²) in [4.78, 5) is 28.6. The quantitative estimate of drug-likeness (QED) is 0.203. The first kappa shape index (κ1) is 26.5. The lowest BCUT2D eigenvalue weighted by atomic mass is 10.1. The minimum atomic E-state index is -0.669. The normalized spacial score (nSPS) is 10.6. The van der Waals surface area contributed by atoms with Crippen LogP contribution in [0.25, 0.3) is 10.9 Å². The molecule has 0 aliphatic heterocycles. The highest BCUT2D eigenvalue weighted by molar-refractivity contribution is 6.33. The summed E-state index contributed by atoms with van der Waals surface area (Å²) in [5.74, 6) is 1.58. The van der Waals surface area contributed by atoms with E-state index in [9.17, 15) is 9.59 Å². The molecule has 9 heteroatoms. The zero-order valence-corrected chi connectivity index (χ0v) is 22.1. The number of aromatic nitrogens is 1. The van der Waals surface area contributed by atoms with Gasteiger partial charge in [0.05, 0.1) is 21.9 Å². The molecule has 5 rings (SSSR count). The number of carbonyl (C=O) groups is 2. The van der Waals surface area contributed by atoms with Crippen molar-refractivity contribution in [1.29, 1.82) is 0 Å². The number of anilines is 2. The Hall–Kier alpha value is -5.08. The smallest absolute Gasteiger partial charge is 0.417 e. The molecule has 8 nitrogen and oxygen atoms in total. The van der Waals surface area contributed by atoms with Gasteiger partial charge in [-0.3, -0.25) is 15.1 Å². The van der Waals surface area contributed by atoms with Gasteiger partial charge in [-0.05, 0) is 42.0 Å². The van der Waals surface area contributed by atoms with E-state index in [1.807, 2.05) is 36.4 Å². The van der Waals surface area contributed by atoms with Crippen LogP contribution in [-0.4, -0.2) is 17.0 Å². The summed E-state index contributed by atoms with van der Waals surface area (Å²) in [6.45, 7) is 1.76. The molecule has 0 unspecified atom stereocenters. The molecule has 0 bridgehead atoms. The van der Waals surface area contributed by atoms with E-state index in [-0.39, 0.29) is 10.9 Å². The van der Waals surface area contributed by atoms with Crippen molar-refractivity contribution >= 4 is 45.9 Å². The van der Waals surface area contributed by atoms with Crippen LogP contribution >= 0.6 is 11.6 Å². The summed E-state index contributed by atoms with van der Waals surface area (Å²) in [6, 6.07) is 28.5. The second kappa shape index (κ2) is 12.2. The average Bonchev–Trinajstić information content (AvgIpc) is 2.94. The SMILES string of the molecule is CC(=O)Nc1cc2c(Oc3ccc(NC(=O)Oc4ccccc4)c(Cl)c3)ccnc2cc1OCc1ccccc1. The highest BCUT2D eigenvalue weighted by atomic mass is 35.5. The fourth-order valence-corrected chi connectivity index (χ4v) is 4.12. The number of hydrogen-bond acceptors (Lipinski definition) is 6. The Morgan fingerprint density at radius 2 is 1.55 bits per heavy atom. The summed E-state index contributed by atoms with van der Waals surface area (Å²) >= 11 is 6.42. The van der Waals surface area contributed by atoms with Gasteiger partial charge >= 0.3 is 6.09 Å². The van der Waals surface area contributed by atoms with Gasteiger partial charge < -0.3 is 19.5 Å². The topological polar surface area (TPSA) is 98.8 Å². The molecule has 2 N–H and O–H groups in total. The predicted octanol–water partition coefficient (Wildman–Crippen LogP) is 7.83. The van der Waals surface area contributed by atoms with E-state index >= 15 is 0 Å². The molecule has 0 aliphatic carbocycles. The maximum absolute atomic E-state index is 12.2. The average molecular weight is 554 g/mol. The molecule has 0 spiro atoms. The van der Waals surface area contributed by atoms with Crippen LogP contribution in [0.2, 0.25) is 5.02 Å². The van der Waals surface area contributed by atoms with Crippen LogP contribution in [0.1, 0.15) is 12.5 Å². The first-order chi connectivity index (χ1) is 19.4. The number of carbonyl (C=O) groups excluding carboxylic acids is 2. The zero-order chi connectivity index (χ0) is 27.9. The number of benzene rings is 4. The molecule has 4 aromatic carbocycles. The summed E-state index contributed by atoms with van der Waals surface area (Å²) in [5, 5.41) is 6.36. The van der Waals surface area contributed by atoms with Crippen molar-refractivity contribution in [2.24, 2.45) is 0 Å². The number of amides is 2. The number of rotatable bonds is 8. The van der Waals surface area contributed by atoms with Gasteiger partial charge in [-0.15, -0.1) is 0 Å².